The fourth-order valence-electron chi connectivity index (χ4n) is 2.49. The van der Waals surface area contributed by atoms with Gasteiger partial charge in [0.25, 0.3) is 5.91 Å². The Morgan fingerprint density at radius 1 is 1.26 bits per heavy atom. The third-order valence-electron chi connectivity index (χ3n) is 3.86. The first-order valence-corrected chi connectivity index (χ1v) is 8.75. The molecule has 1 saturated heterocycles. The predicted molar refractivity (Wildman–Crippen MR) is 107 cm³/mol. The van der Waals surface area contributed by atoms with Crippen LogP contribution in [0.5, 0.6) is 0 Å². The van der Waals surface area contributed by atoms with Crippen molar-refractivity contribution in [3.8, 4) is 0 Å². The molecule has 1 heterocycles. The van der Waals surface area contributed by atoms with Gasteiger partial charge in [0.2, 0.25) is 5.91 Å². The van der Waals surface area contributed by atoms with E-state index in [1.807, 2.05) is 0 Å². The first-order valence-electron chi connectivity index (χ1n) is 8.37. The van der Waals surface area contributed by atoms with Crippen molar-refractivity contribution < 1.29 is 24.2 Å². The maximum absolute atomic E-state index is 12.1. The molecule has 0 saturated carbocycles. The molecule has 0 spiro atoms. The first-order chi connectivity index (χ1) is 12.5. The lowest BCUT2D eigenvalue weighted by Gasteiger charge is -2.22. The van der Waals surface area contributed by atoms with Crippen LogP contribution in [0.25, 0.3) is 0 Å². The zero-order valence-electron chi connectivity index (χ0n) is 14.6. The molecule has 0 atom stereocenters. The topological polar surface area (TPSA) is 117 Å². The molecule has 1 fully saturated rings. The highest BCUT2D eigenvalue weighted by Gasteiger charge is 2.16. The molecule has 2 amide bonds. The first kappa shape index (κ1) is 23.4. The Kier molecular flexibility index (Phi) is 10.3. The predicted octanol–water partition coefficient (Wildman–Crippen LogP) is 1.83. The molecule has 150 valence electrons. The largest absolute Gasteiger partial charge is 0.481 e. The summed E-state index contributed by atoms with van der Waals surface area (Å²) in [4.78, 5) is 34.6. The number of rotatable bonds is 8. The summed E-state index contributed by atoms with van der Waals surface area (Å²) in [7, 11) is 0. The number of halogens is 2. The van der Waals surface area contributed by atoms with E-state index in [0.717, 1.165) is 25.9 Å². The van der Waals surface area contributed by atoms with Crippen molar-refractivity contribution in [2.24, 2.45) is 0 Å². The van der Waals surface area contributed by atoms with Crippen molar-refractivity contribution in [3.63, 3.8) is 0 Å². The zero-order valence-corrected chi connectivity index (χ0v) is 17.1. The van der Waals surface area contributed by atoms with Gasteiger partial charge in [0.05, 0.1) is 23.2 Å². The number of carboxylic acids is 1. The van der Waals surface area contributed by atoms with Crippen LogP contribution in [0, 0.1) is 0 Å². The second-order valence-electron chi connectivity index (χ2n) is 5.90. The lowest BCUT2D eigenvalue weighted by Crippen LogP contribution is -2.34. The average Bonchev–Trinajstić information content (AvgIpc) is 2.62. The van der Waals surface area contributed by atoms with Crippen molar-refractivity contribution >= 4 is 52.1 Å². The molecule has 8 nitrogen and oxygen atoms in total. The minimum absolute atomic E-state index is 0. The highest BCUT2D eigenvalue weighted by atomic mass is 79.9. The number of benzene rings is 1. The minimum atomic E-state index is -0.997. The van der Waals surface area contributed by atoms with E-state index in [-0.39, 0.29) is 54.1 Å². The highest BCUT2D eigenvalue weighted by Crippen LogP contribution is 2.23. The second-order valence-corrected chi connectivity index (χ2v) is 6.31. The number of hydrogen-bond donors (Lipinski definition) is 4. The van der Waals surface area contributed by atoms with Crippen molar-refractivity contribution in [3.05, 3.63) is 28.8 Å². The van der Waals surface area contributed by atoms with Crippen molar-refractivity contribution in [2.75, 3.05) is 31.6 Å². The number of carbonyl (C=O) groups excluding carboxylic acids is 2. The van der Waals surface area contributed by atoms with Crippen LogP contribution in [0.4, 0.5) is 5.69 Å². The molecular formula is C17H23BrClN3O5. The minimum Gasteiger partial charge on any atom is -0.481 e. The molecule has 2 rings (SSSR count). The van der Waals surface area contributed by atoms with Gasteiger partial charge in [-0.15, -0.1) is 17.0 Å². The van der Waals surface area contributed by atoms with Gasteiger partial charge in [-0.2, -0.15) is 0 Å². The molecule has 1 aromatic rings. The molecule has 0 bridgehead atoms. The normalized spacial score (nSPS) is 14.1. The van der Waals surface area contributed by atoms with Gasteiger partial charge in [0, 0.05) is 12.1 Å². The van der Waals surface area contributed by atoms with Crippen LogP contribution in [0.3, 0.4) is 0 Å². The van der Waals surface area contributed by atoms with E-state index in [1.54, 1.807) is 0 Å². The summed E-state index contributed by atoms with van der Waals surface area (Å²) in [5, 5.41) is 17.2. The fraction of sp³-hybridized carbons (Fsp3) is 0.471. The number of hydrogen-bond acceptors (Lipinski definition) is 5. The van der Waals surface area contributed by atoms with Crippen LogP contribution in [-0.2, 0) is 14.3 Å². The van der Waals surface area contributed by atoms with E-state index in [0.29, 0.717) is 10.7 Å². The summed E-state index contributed by atoms with van der Waals surface area (Å²) < 4.78 is 5.58. The van der Waals surface area contributed by atoms with Crippen molar-refractivity contribution in [1.29, 1.82) is 0 Å². The third kappa shape index (κ3) is 8.25. The van der Waals surface area contributed by atoms with Crippen LogP contribution in [-0.4, -0.2) is 55.2 Å². The molecule has 0 unspecified atom stereocenters. The van der Waals surface area contributed by atoms with Crippen LogP contribution < -0.4 is 16.0 Å². The van der Waals surface area contributed by atoms with Crippen LogP contribution in [0.1, 0.15) is 29.6 Å². The monoisotopic (exact) mass is 463 g/mol. The van der Waals surface area contributed by atoms with E-state index in [9.17, 15) is 14.4 Å². The number of carbonyl (C=O) groups is 3. The molecule has 27 heavy (non-hydrogen) atoms. The van der Waals surface area contributed by atoms with E-state index in [1.165, 1.54) is 18.2 Å². The number of nitrogens with one attached hydrogen (secondary N) is 3. The Morgan fingerprint density at radius 2 is 1.96 bits per heavy atom. The molecule has 1 aromatic carbocycles. The standard InChI is InChI=1S/C17H22ClN3O5.BrH/c18-13-2-1-11(17(25)20-8-5-16(23)24)9-14(13)21-15(22)10-26-12-3-6-19-7-4-12;/h1-2,9,12,19H,3-8,10H2,(H,20,25)(H,21,22)(H,23,24);1H. The molecule has 10 heteroatoms. The third-order valence-corrected chi connectivity index (χ3v) is 4.19. The van der Waals surface area contributed by atoms with E-state index in [2.05, 4.69) is 16.0 Å². The summed E-state index contributed by atoms with van der Waals surface area (Å²) in [6.07, 6.45) is 1.61. The van der Waals surface area contributed by atoms with Crippen LogP contribution in [0.15, 0.2) is 18.2 Å². The summed E-state index contributed by atoms with van der Waals surface area (Å²) in [5.41, 5.74) is 0.575. The Bertz CT molecular complexity index is 668. The second kappa shape index (κ2) is 11.9. The van der Waals surface area contributed by atoms with Gasteiger partial charge in [-0.3, -0.25) is 14.4 Å². The molecule has 1 aliphatic heterocycles. The summed E-state index contributed by atoms with van der Waals surface area (Å²) in [6.45, 7) is 1.67. The van der Waals surface area contributed by atoms with E-state index in [4.69, 9.17) is 21.4 Å². The Morgan fingerprint density at radius 3 is 2.63 bits per heavy atom. The Balaban J connectivity index is 0.00000364. The van der Waals surface area contributed by atoms with Crippen LogP contribution >= 0.6 is 28.6 Å². The van der Waals surface area contributed by atoms with E-state index >= 15 is 0 Å². The smallest absolute Gasteiger partial charge is 0.305 e. The summed E-state index contributed by atoms with van der Waals surface area (Å²) in [5.74, 6) is -1.79. The van der Waals surface area contributed by atoms with E-state index < -0.39 is 11.9 Å². The average molecular weight is 465 g/mol. The fourth-order valence-corrected chi connectivity index (χ4v) is 2.65. The van der Waals surface area contributed by atoms with Gasteiger partial charge in [-0.1, -0.05) is 11.6 Å². The maximum atomic E-state index is 12.1. The molecule has 0 aromatic heterocycles. The molecule has 1 aliphatic rings. The lowest BCUT2D eigenvalue weighted by molar-refractivity contribution is -0.136. The molecule has 4 N–H and O–H groups in total. The van der Waals surface area contributed by atoms with Gasteiger partial charge >= 0.3 is 5.97 Å². The quantitative estimate of drug-likeness (QED) is 0.466. The van der Waals surface area contributed by atoms with Gasteiger partial charge in [0.1, 0.15) is 6.61 Å². The number of piperidine rings is 1. The Labute approximate surface area is 172 Å². The number of ether oxygens (including phenoxy) is 1. The number of anilines is 1. The summed E-state index contributed by atoms with van der Waals surface area (Å²) >= 11 is 6.07. The SMILES string of the molecule is Br.O=C(O)CCNC(=O)c1ccc(Cl)c(NC(=O)COC2CCNCC2)c1. The number of aliphatic carboxylic acids is 1. The van der Waals surface area contributed by atoms with Crippen molar-refractivity contribution in [2.45, 2.75) is 25.4 Å². The maximum Gasteiger partial charge on any atom is 0.305 e. The van der Waals surface area contributed by atoms with Gasteiger partial charge < -0.3 is 25.8 Å². The molecular weight excluding hydrogens is 442 g/mol. The molecule has 0 aliphatic carbocycles. The van der Waals surface area contributed by atoms with Crippen molar-refractivity contribution in [1.82, 2.24) is 10.6 Å². The van der Waals surface area contributed by atoms with Gasteiger partial charge in [0.15, 0.2) is 0 Å². The van der Waals surface area contributed by atoms with Gasteiger partial charge in [-0.05, 0) is 44.1 Å². The molecule has 0 radical (unpaired) electrons. The summed E-state index contributed by atoms with van der Waals surface area (Å²) in [6, 6.07) is 4.44. The Hall–Kier alpha value is -1.68. The van der Waals surface area contributed by atoms with Gasteiger partial charge in [-0.25, -0.2) is 0 Å². The number of amides is 2. The number of carboxylic acid groups (broad SMARTS) is 1. The zero-order chi connectivity index (χ0) is 18.9. The van der Waals surface area contributed by atoms with Crippen LogP contribution in [0.2, 0.25) is 5.02 Å². The lowest BCUT2D eigenvalue weighted by atomic mass is 10.1. The highest BCUT2D eigenvalue weighted by molar-refractivity contribution is 8.93.